The van der Waals surface area contributed by atoms with Crippen LogP contribution >= 0.6 is 0 Å². The van der Waals surface area contributed by atoms with Crippen LogP contribution in [0, 0.1) is 0 Å². The van der Waals surface area contributed by atoms with Gasteiger partial charge in [0.2, 0.25) is 0 Å². The summed E-state index contributed by atoms with van der Waals surface area (Å²) in [6.45, 7) is 2.83. The van der Waals surface area contributed by atoms with E-state index in [9.17, 15) is 18.0 Å². The van der Waals surface area contributed by atoms with Crippen molar-refractivity contribution in [3.63, 3.8) is 0 Å². The number of amides is 2. The largest absolute Gasteiger partial charge is 0.457 e. The van der Waals surface area contributed by atoms with Crippen LogP contribution in [0.3, 0.4) is 0 Å². The number of hydrogen-bond acceptors (Lipinski definition) is 3. The minimum Gasteiger partial charge on any atom is -0.457 e. The fourth-order valence-corrected chi connectivity index (χ4v) is 2.74. The molecule has 9 heteroatoms. The van der Waals surface area contributed by atoms with Gasteiger partial charge >= 0.3 is 12.2 Å². The molecule has 1 unspecified atom stereocenters. The van der Waals surface area contributed by atoms with Crippen LogP contribution in [-0.4, -0.2) is 21.6 Å². The van der Waals surface area contributed by atoms with Crippen LogP contribution in [-0.2, 0) is 19.3 Å². The summed E-state index contributed by atoms with van der Waals surface area (Å²) in [5.74, 6) is 0.789. The molecular weight excluding hydrogens is 397 g/mol. The highest BCUT2D eigenvalue weighted by atomic mass is 19.4. The van der Waals surface area contributed by atoms with Crippen molar-refractivity contribution in [1.29, 1.82) is 0 Å². The van der Waals surface area contributed by atoms with E-state index in [0.29, 0.717) is 24.6 Å². The number of alkyl halides is 3. The molecule has 0 aliphatic carbocycles. The first-order valence-corrected chi connectivity index (χ1v) is 9.24. The molecule has 0 aliphatic heterocycles. The molecule has 0 fully saturated rings. The van der Waals surface area contributed by atoms with Gasteiger partial charge in [0.1, 0.15) is 11.5 Å². The Morgan fingerprint density at radius 3 is 2.30 bits per heavy atom. The molecule has 30 heavy (non-hydrogen) atoms. The quantitative estimate of drug-likeness (QED) is 0.590. The fraction of sp³-hybridized carbons (Fsp3) is 0.238. The third kappa shape index (κ3) is 6.26. The predicted octanol–water partition coefficient (Wildman–Crippen LogP) is 4.58. The molecule has 0 radical (unpaired) electrons. The molecule has 0 saturated heterocycles. The highest BCUT2D eigenvalue weighted by molar-refractivity contribution is 5.74. The zero-order chi connectivity index (χ0) is 21.6. The Bertz CT molecular complexity index is 940. The van der Waals surface area contributed by atoms with Crippen LogP contribution < -0.4 is 15.4 Å². The number of urea groups is 1. The second-order valence-electron chi connectivity index (χ2n) is 6.76. The standard InChI is InChI=1S/C21H21F3N4O2/c1-15(13-28-11-10-25-14-28)27-20(29)26-12-16-2-6-18(7-3-16)30-19-8-4-17(5-9-19)21(22,23)24/h2-11,14-15H,12-13H2,1H3,(H2,26,27,29). The predicted molar refractivity (Wildman–Crippen MR) is 105 cm³/mol. The summed E-state index contributed by atoms with van der Waals surface area (Å²) in [6, 6.07) is 11.1. The van der Waals surface area contributed by atoms with Gasteiger partial charge in [-0.05, 0) is 48.9 Å². The topological polar surface area (TPSA) is 68.2 Å². The normalized spacial score (nSPS) is 12.3. The van der Waals surface area contributed by atoms with E-state index in [2.05, 4.69) is 15.6 Å². The lowest BCUT2D eigenvalue weighted by Gasteiger charge is -2.15. The van der Waals surface area contributed by atoms with E-state index in [-0.39, 0.29) is 12.1 Å². The number of benzene rings is 2. The van der Waals surface area contributed by atoms with E-state index in [1.807, 2.05) is 17.7 Å². The fourth-order valence-electron chi connectivity index (χ4n) is 2.74. The summed E-state index contributed by atoms with van der Waals surface area (Å²) in [5, 5.41) is 5.62. The maximum atomic E-state index is 12.6. The molecule has 2 aromatic carbocycles. The van der Waals surface area contributed by atoms with E-state index in [1.165, 1.54) is 12.1 Å². The lowest BCUT2D eigenvalue weighted by Crippen LogP contribution is -2.42. The van der Waals surface area contributed by atoms with Gasteiger partial charge in [-0.1, -0.05) is 12.1 Å². The van der Waals surface area contributed by atoms with Crippen LogP contribution in [0.15, 0.2) is 67.3 Å². The van der Waals surface area contributed by atoms with Crippen molar-refractivity contribution >= 4 is 6.03 Å². The number of carbonyl (C=O) groups is 1. The molecule has 0 spiro atoms. The first kappa shape index (κ1) is 21.2. The number of rotatable bonds is 7. The number of nitrogens with zero attached hydrogens (tertiary/aromatic N) is 2. The zero-order valence-corrected chi connectivity index (χ0v) is 16.2. The Hall–Kier alpha value is -3.49. The SMILES string of the molecule is CC(Cn1ccnc1)NC(=O)NCc1ccc(Oc2ccc(C(F)(F)F)cc2)cc1. The second-order valence-corrected chi connectivity index (χ2v) is 6.76. The first-order chi connectivity index (χ1) is 14.3. The number of imidazole rings is 1. The average molecular weight is 418 g/mol. The summed E-state index contributed by atoms with van der Waals surface area (Å²) in [6.07, 6.45) is 0.809. The van der Waals surface area contributed by atoms with Crippen molar-refractivity contribution < 1.29 is 22.7 Å². The number of nitrogens with one attached hydrogen (secondary N) is 2. The van der Waals surface area contributed by atoms with Crippen molar-refractivity contribution in [1.82, 2.24) is 20.2 Å². The van der Waals surface area contributed by atoms with Gasteiger partial charge in [-0.2, -0.15) is 13.2 Å². The van der Waals surface area contributed by atoms with Gasteiger partial charge in [0.05, 0.1) is 11.9 Å². The summed E-state index contributed by atoms with van der Waals surface area (Å²) in [7, 11) is 0. The Morgan fingerprint density at radius 2 is 1.73 bits per heavy atom. The summed E-state index contributed by atoms with van der Waals surface area (Å²) in [4.78, 5) is 16.0. The van der Waals surface area contributed by atoms with Gasteiger partial charge in [0.25, 0.3) is 0 Å². The Kier molecular flexibility index (Phi) is 6.61. The number of halogens is 3. The second kappa shape index (κ2) is 9.34. The van der Waals surface area contributed by atoms with Gasteiger partial charge < -0.3 is 19.9 Å². The van der Waals surface area contributed by atoms with E-state index in [0.717, 1.165) is 17.7 Å². The van der Waals surface area contributed by atoms with Gasteiger partial charge in [-0.3, -0.25) is 0 Å². The molecule has 0 bridgehead atoms. The Labute approximate surface area is 171 Å². The molecule has 1 atom stereocenters. The van der Waals surface area contributed by atoms with Crippen molar-refractivity contribution in [2.24, 2.45) is 0 Å². The number of hydrogen-bond donors (Lipinski definition) is 2. The molecule has 0 saturated carbocycles. The van der Waals surface area contributed by atoms with Gasteiger partial charge in [-0.25, -0.2) is 9.78 Å². The molecule has 158 valence electrons. The van der Waals surface area contributed by atoms with Crippen LogP contribution in [0.5, 0.6) is 11.5 Å². The van der Waals surface area contributed by atoms with Gasteiger partial charge in [0, 0.05) is 31.5 Å². The van der Waals surface area contributed by atoms with Crippen molar-refractivity contribution in [3.8, 4) is 11.5 Å². The Balaban J connectivity index is 1.45. The monoisotopic (exact) mass is 418 g/mol. The number of aromatic nitrogens is 2. The first-order valence-electron chi connectivity index (χ1n) is 9.24. The average Bonchev–Trinajstić information content (AvgIpc) is 3.20. The van der Waals surface area contributed by atoms with E-state index in [4.69, 9.17) is 4.74 Å². The molecule has 2 amide bonds. The minimum atomic E-state index is -4.38. The molecule has 1 heterocycles. The number of carbonyl (C=O) groups excluding carboxylic acids is 1. The lowest BCUT2D eigenvalue weighted by molar-refractivity contribution is -0.137. The smallest absolute Gasteiger partial charge is 0.416 e. The molecule has 0 aliphatic rings. The van der Waals surface area contributed by atoms with E-state index in [1.54, 1.807) is 36.8 Å². The maximum absolute atomic E-state index is 12.6. The summed E-state index contributed by atoms with van der Waals surface area (Å²) >= 11 is 0. The summed E-state index contributed by atoms with van der Waals surface area (Å²) in [5.41, 5.74) is 0.126. The third-order valence-corrected chi connectivity index (χ3v) is 4.22. The number of ether oxygens (including phenoxy) is 1. The van der Waals surface area contributed by atoms with Crippen LogP contribution in [0.4, 0.5) is 18.0 Å². The van der Waals surface area contributed by atoms with Crippen molar-refractivity contribution in [3.05, 3.63) is 78.4 Å². The molecule has 3 aromatic rings. The molecule has 1 aromatic heterocycles. The van der Waals surface area contributed by atoms with Crippen LogP contribution in [0.2, 0.25) is 0 Å². The van der Waals surface area contributed by atoms with Crippen molar-refractivity contribution in [2.45, 2.75) is 32.2 Å². The van der Waals surface area contributed by atoms with Gasteiger partial charge in [-0.15, -0.1) is 0 Å². The van der Waals surface area contributed by atoms with Crippen LogP contribution in [0.25, 0.3) is 0 Å². The lowest BCUT2D eigenvalue weighted by atomic mass is 10.2. The maximum Gasteiger partial charge on any atom is 0.416 e. The van der Waals surface area contributed by atoms with Gasteiger partial charge in [0.15, 0.2) is 0 Å². The van der Waals surface area contributed by atoms with Crippen LogP contribution in [0.1, 0.15) is 18.1 Å². The molecule has 3 rings (SSSR count). The summed E-state index contributed by atoms with van der Waals surface area (Å²) < 4.78 is 45.2. The molecule has 2 N–H and O–H groups in total. The third-order valence-electron chi connectivity index (χ3n) is 4.22. The van der Waals surface area contributed by atoms with E-state index >= 15 is 0 Å². The Morgan fingerprint density at radius 1 is 1.10 bits per heavy atom. The zero-order valence-electron chi connectivity index (χ0n) is 16.2. The van der Waals surface area contributed by atoms with Crippen molar-refractivity contribution in [2.75, 3.05) is 0 Å². The minimum absolute atomic E-state index is 0.0706. The molecule has 6 nitrogen and oxygen atoms in total. The highest BCUT2D eigenvalue weighted by Gasteiger charge is 2.30. The highest BCUT2D eigenvalue weighted by Crippen LogP contribution is 2.31. The molecular formula is C21H21F3N4O2. The van der Waals surface area contributed by atoms with E-state index < -0.39 is 11.7 Å².